The first-order chi connectivity index (χ1) is 10.0. The maximum atomic E-state index is 12.3. The van der Waals surface area contributed by atoms with Gasteiger partial charge in [-0.25, -0.2) is 4.98 Å². The van der Waals surface area contributed by atoms with Crippen molar-refractivity contribution in [2.24, 2.45) is 0 Å². The predicted molar refractivity (Wildman–Crippen MR) is 83.5 cm³/mol. The van der Waals surface area contributed by atoms with E-state index in [1.165, 1.54) is 10.9 Å². The minimum atomic E-state index is -0.241. The largest absolute Gasteiger partial charge is 0.352 e. The summed E-state index contributed by atoms with van der Waals surface area (Å²) in [5.41, 5.74) is 0.290. The molecule has 0 spiro atoms. The molecule has 0 bridgehead atoms. The summed E-state index contributed by atoms with van der Waals surface area (Å²) < 4.78 is 1.31. The van der Waals surface area contributed by atoms with Gasteiger partial charge in [-0.15, -0.1) is 0 Å². The Morgan fingerprint density at radius 1 is 1.48 bits per heavy atom. The Balaban J connectivity index is 2.19. The van der Waals surface area contributed by atoms with Crippen LogP contribution in [0, 0.1) is 0 Å². The number of hydrogen-bond acceptors (Lipinski definition) is 3. The summed E-state index contributed by atoms with van der Waals surface area (Å²) in [6, 6.07) is 5.00. The van der Waals surface area contributed by atoms with Crippen LogP contribution in [0.25, 0.3) is 10.9 Å². The zero-order chi connectivity index (χ0) is 15.4. The molecule has 1 amide bonds. The van der Waals surface area contributed by atoms with Crippen LogP contribution < -0.4 is 10.9 Å². The number of carbonyl (C=O) groups excluding carboxylic acids is 1. The van der Waals surface area contributed by atoms with E-state index in [0.29, 0.717) is 15.9 Å². The summed E-state index contributed by atoms with van der Waals surface area (Å²) in [4.78, 5) is 28.4. The van der Waals surface area contributed by atoms with Crippen molar-refractivity contribution in [3.05, 3.63) is 39.9 Å². The van der Waals surface area contributed by atoms with E-state index in [4.69, 9.17) is 11.6 Å². The summed E-state index contributed by atoms with van der Waals surface area (Å²) in [5, 5.41) is 3.85. The molecule has 0 radical (unpaired) electrons. The highest BCUT2D eigenvalue weighted by Gasteiger charge is 2.10. The zero-order valence-electron chi connectivity index (χ0n) is 12.1. The number of halogens is 1. The number of nitrogens with one attached hydrogen (secondary N) is 1. The Bertz CT molecular complexity index is 712. The van der Waals surface area contributed by atoms with Crippen molar-refractivity contribution in [3.8, 4) is 0 Å². The van der Waals surface area contributed by atoms with Gasteiger partial charge in [0.25, 0.3) is 5.56 Å². The number of carbonyl (C=O) groups is 1. The van der Waals surface area contributed by atoms with E-state index in [-0.39, 0.29) is 24.1 Å². The van der Waals surface area contributed by atoms with Crippen LogP contribution in [0.4, 0.5) is 0 Å². The van der Waals surface area contributed by atoms with Crippen LogP contribution in [0.1, 0.15) is 26.7 Å². The van der Waals surface area contributed by atoms with E-state index < -0.39 is 0 Å². The summed E-state index contributed by atoms with van der Waals surface area (Å²) in [7, 11) is 0. The quantitative estimate of drug-likeness (QED) is 0.922. The summed E-state index contributed by atoms with van der Waals surface area (Å²) in [5.74, 6) is -0.187. The van der Waals surface area contributed by atoms with Gasteiger partial charge in [-0.05, 0) is 31.5 Å². The van der Waals surface area contributed by atoms with Gasteiger partial charge in [0.05, 0.1) is 17.2 Å². The SMILES string of the molecule is CCCC(C)NC(=O)Cn1cnc2cc(Cl)ccc2c1=O. The summed E-state index contributed by atoms with van der Waals surface area (Å²) in [6.45, 7) is 3.98. The second-order valence-corrected chi connectivity index (χ2v) is 5.53. The van der Waals surface area contributed by atoms with E-state index in [9.17, 15) is 9.59 Å². The van der Waals surface area contributed by atoms with Gasteiger partial charge in [0, 0.05) is 11.1 Å². The fraction of sp³-hybridized carbons (Fsp3) is 0.400. The Kier molecular flexibility index (Phi) is 4.96. The number of fused-ring (bicyclic) bond motifs is 1. The van der Waals surface area contributed by atoms with Crippen LogP contribution in [-0.2, 0) is 11.3 Å². The van der Waals surface area contributed by atoms with Gasteiger partial charge in [0.15, 0.2) is 0 Å². The first-order valence-electron chi connectivity index (χ1n) is 6.95. The van der Waals surface area contributed by atoms with Crippen molar-refractivity contribution in [1.29, 1.82) is 0 Å². The Morgan fingerprint density at radius 3 is 2.95 bits per heavy atom. The summed E-state index contributed by atoms with van der Waals surface area (Å²) in [6.07, 6.45) is 3.29. The average molecular weight is 308 g/mol. The maximum Gasteiger partial charge on any atom is 0.261 e. The van der Waals surface area contributed by atoms with Gasteiger partial charge >= 0.3 is 0 Å². The van der Waals surface area contributed by atoms with Crippen LogP contribution in [0.15, 0.2) is 29.3 Å². The Hall–Kier alpha value is -1.88. The molecule has 112 valence electrons. The number of hydrogen-bond donors (Lipinski definition) is 1. The van der Waals surface area contributed by atoms with Crippen LogP contribution in [0.2, 0.25) is 5.02 Å². The van der Waals surface area contributed by atoms with Crippen molar-refractivity contribution in [1.82, 2.24) is 14.9 Å². The van der Waals surface area contributed by atoms with E-state index in [1.54, 1.807) is 18.2 Å². The number of aromatic nitrogens is 2. The number of nitrogens with zero attached hydrogens (tertiary/aromatic N) is 2. The molecule has 1 atom stereocenters. The van der Waals surface area contributed by atoms with E-state index in [0.717, 1.165) is 12.8 Å². The van der Waals surface area contributed by atoms with Gasteiger partial charge in [0.1, 0.15) is 6.54 Å². The molecule has 0 saturated carbocycles. The van der Waals surface area contributed by atoms with Gasteiger partial charge in [-0.3, -0.25) is 14.2 Å². The topological polar surface area (TPSA) is 64.0 Å². The molecule has 0 aliphatic rings. The molecule has 6 heteroatoms. The third kappa shape index (κ3) is 3.82. The lowest BCUT2D eigenvalue weighted by Crippen LogP contribution is -2.37. The van der Waals surface area contributed by atoms with Gasteiger partial charge in [-0.1, -0.05) is 24.9 Å². The van der Waals surface area contributed by atoms with Crippen LogP contribution in [0.5, 0.6) is 0 Å². The third-order valence-electron chi connectivity index (χ3n) is 3.23. The number of benzene rings is 1. The molecule has 1 aromatic carbocycles. The van der Waals surface area contributed by atoms with Crippen LogP contribution >= 0.6 is 11.6 Å². The lowest BCUT2D eigenvalue weighted by Gasteiger charge is -2.13. The smallest absolute Gasteiger partial charge is 0.261 e. The second-order valence-electron chi connectivity index (χ2n) is 5.10. The van der Waals surface area contributed by atoms with Gasteiger partial charge in [-0.2, -0.15) is 0 Å². The van der Waals surface area contributed by atoms with E-state index in [2.05, 4.69) is 17.2 Å². The fourth-order valence-electron chi connectivity index (χ4n) is 2.22. The molecule has 1 unspecified atom stereocenters. The molecule has 2 rings (SSSR count). The number of amides is 1. The van der Waals surface area contributed by atoms with Crippen molar-refractivity contribution >= 4 is 28.4 Å². The van der Waals surface area contributed by atoms with Crippen molar-refractivity contribution < 1.29 is 4.79 Å². The zero-order valence-corrected chi connectivity index (χ0v) is 12.9. The minimum absolute atomic E-state index is 0.0293. The maximum absolute atomic E-state index is 12.3. The third-order valence-corrected chi connectivity index (χ3v) is 3.47. The Labute approximate surface area is 127 Å². The average Bonchev–Trinajstić information content (AvgIpc) is 2.42. The molecule has 21 heavy (non-hydrogen) atoms. The first-order valence-corrected chi connectivity index (χ1v) is 7.33. The van der Waals surface area contributed by atoms with Crippen molar-refractivity contribution in [2.75, 3.05) is 0 Å². The normalized spacial score (nSPS) is 12.3. The molecule has 1 aromatic heterocycles. The molecule has 2 aromatic rings. The molecule has 0 saturated heterocycles. The second kappa shape index (κ2) is 6.72. The van der Waals surface area contributed by atoms with Gasteiger partial charge < -0.3 is 5.32 Å². The fourth-order valence-corrected chi connectivity index (χ4v) is 2.39. The van der Waals surface area contributed by atoms with Crippen LogP contribution in [0.3, 0.4) is 0 Å². The molecule has 0 aliphatic heterocycles. The predicted octanol–water partition coefficient (Wildman–Crippen LogP) is 2.35. The van der Waals surface area contributed by atoms with E-state index in [1.807, 2.05) is 6.92 Å². The minimum Gasteiger partial charge on any atom is -0.352 e. The molecule has 1 heterocycles. The number of rotatable bonds is 5. The molecule has 1 N–H and O–H groups in total. The lowest BCUT2D eigenvalue weighted by atomic mass is 10.2. The molecular weight excluding hydrogens is 290 g/mol. The van der Waals surface area contributed by atoms with E-state index >= 15 is 0 Å². The lowest BCUT2D eigenvalue weighted by molar-refractivity contribution is -0.122. The monoisotopic (exact) mass is 307 g/mol. The standard InChI is InChI=1S/C15H18ClN3O2/c1-3-4-10(2)18-14(20)8-19-9-17-13-7-11(16)5-6-12(13)15(19)21/h5-7,9-10H,3-4,8H2,1-2H3,(H,18,20). The molecule has 0 aliphatic carbocycles. The van der Waals surface area contributed by atoms with Crippen molar-refractivity contribution in [3.63, 3.8) is 0 Å². The highest BCUT2D eigenvalue weighted by molar-refractivity contribution is 6.31. The highest BCUT2D eigenvalue weighted by Crippen LogP contribution is 2.14. The highest BCUT2D eigenvalue weighted by atomic mass is 35.5. The molecule has 5 nitrogen and oxygen atoms in total. The first kappa shape index (κ1) is 15.5. The Morgan fingerprint density at radius 2 is 2.24 bits per heavy atom. The van der Waals surface area contributed by atoms with Crippen LogP contribution in [-0.4, -0.2) is 21.5 Å². The van der Waals surface area contributed by atoms with Crippen molar-refractivity contribution in [2.45, 2.75) is 39.3 Å². The van der Waals surface area contributed by atoms with Gasteiger partial charge in [0.2, 0.25) is 5.91 Å². The molecule has 0 fully saturated rings. The molecular formula is C15H18ClN3O2. The summed E-state index contributed by atoms with van der Waals surface area (Å²) >= 11 is 5.87.